The second-order valence-corrected chi connectivity index (χ2v) is 6.26. The molecule has 120 valence electrons. The molecule has 0 aliphatic carbocycles. The number of benzene rings is 2. The summed E-state index contributed by atoms with van der Waals surface area (Å²) >= 11 is 0. The lowest BCUT2D eigenvalue weighted by Gasteiger charge is -2.15. The van der Waals surface area contributed by atoms with Crippen LogP contribution in [-0.2, 0) is 16.5 Å². The van der Waals surface area contributed by atoms with Crippen molar-refractivity contribution in [1.29, 1.82) is 0 Å². The maximum Gasteiger partial charge on any atom is 0.534 e. The molecular weight excluding hydrogens is 324 g/mol. The van der Waals surface area contributed by atoms with Crippen LogP contribution in [0.3, 0.4) is 0 Å². The van der Waals surface area contributed by atoms with E-state index in [9.17, 15) is 26.0 Å². The van der Waals surface area contributed by atoms with Crippen LogP contribution in [0.1, 0.15) is 18.1 Å². The van der Waals surface area contributed by atoms with Gasteiger partial charge in [0.1, 0.15) is 5.82 Å². The molecule has 0 aromatic heterocycles. The molecule has 0 bridgehead atoms. The Morgan fingerprint density at radius 3 is 2.36 bits per heavy atom. The first-order chi connectivity index (χ1) is 10.1. The number of aryl methyl sites for hydroxylation is 2. The van der Waals surface area contributed by atoms with Gasteiger partial charge in [-0.15, -0.1) is 0 Å². The van der Waals surface area contributed by atoms with E-state index in [0.717, 1.165) is 6.07 Å². The molecular formula is C14H12F4O3S. The van der Waals surface area contributed by atoms with Gasteiger partial charge in [0, 0.05) is 5.39 Å². The van der Waals surface area contributed by atoms with E-state index in [-0.39, 0.29) is 17.4 Å². The van der Waals surface area contributed by atoms with Gasteiger partial charge in [-0.05, 0) is 42.0 Å². The van der Waals surface area contributed by atoms with Gasteiger partial charge in [-0.25, -0.2) is 4.39 Å². The first-order valence-electron chi connectivity index (χ1n) is 6.29. The molecule has 0 saturated carbocycles. The van der Waals surface area contributed by atoms with Gasteiger partial charge < -0.3 is 4.18 Å². The van der Waals surface area contributed by atoms with Crippen LogP contribution in [0.25, 0.3) is 10.8 Å². The van der Waals surface area contributed by atoms with Crippen molar-refractivity contribution < 1.29 is 30.2 Å². The van der Waals surface area contributed by atoms with E-state index >= 15 is 0 Å². The van der Waals surface area contributed by atoms with E-state index < -0.39 is 27.2 Å². The molecule has 2 aromatic carbocycles. The summed E-state index contributed by atoms with van der Waals surface area (Å²) in [5.74, 6) is -1.16. The zero-order chi connectivity index (χ0) is 16.7. The Hall–Kier alpha value is -1.83. The van der Waals surface area contributed by atoms with Gasteiger partial charge in [-0.1, -0.05) is 19.1 Å². The Morgan fingerprint density at radius 1 is 1.18 bits per heavy atom. The van der Waals surface area contributed by atoms with Gasteiger partial charge in [0.05, 0.1) is 0 Å². The summed E-state index contributed by atoms with van der Waals surface area (Å²) in [6, 6.07) is 5.30. The van der Waals surface area contributed by atoms with Crippen LogP contribution < -0.4 is 4.18 Å². The van der Waals surface area contributed by atoms with E-state index in [2.05, 4.69) is 4.18 Å². The van der Waals surface area contributed by atoms with Crippen molar-refractivity contribution in [2.45, 2.75) is 25.8 Å². The summed E-state index contributed by atoms with van der Waals surface area (Å²) < 4.78 is 78.0. The Morgan fingerprint density at radius 2 is 1.82 bits per heavy atom. The molecule has 0 saturated heterocycles. The van der Waals surface area contributed by atoms with Crippen LogP contribution in [0, 0.1) is 12.7 Å². The predicted molar refractivity (Wildman–Crippen MR) is 73.6 cm³/mol. The molecule has 0 atom stereocenters. The fourth-order valence-corrected chi connectivity index (χ4v) is 2.66. The van der Waals surface area contributed by atoms with Crippen LogP contribution in [0.4, 0.5) is 17.6 Å². The van der Waals surface area contributed by atoms with E-state index in [4.69, 9.17) is 0 Å². The number of hydrogen-bond donors (Lipinski definition) is 0. The Bertz CT molecular complexity index is 826. The molecule has 0 spiro atoms. The number of fused-ring (bicyclic) bond motifs is 1. The fraction of sp³-hybridized carbons (Fsp3) is 0.286. The largest absolute Gasteiger partial charge is 0.534 e. The van der Waals surface area contributed by atoms with Crippen LogP contribution in [0.15, 0.2) is 24.3 Å². The highest BCUT2D eigenvalue weighted by Gasteiger charge is 2.48. The molecule has 0 aliphatic rings. The van der Waals surface area contributed by atoms with Crippen molar-refractivity contribution in [2.24, 2.45) is 0 Å². The maximum atomic E-state index is 13.8. The van der Waals surface area contributed by atoms with Gasteiger partial charge in [0.2, 0.25) is 0 Å². The van der Waals surface area contributed by atoms with Crippen molar-refractivity contribution in [3.8, 4) is 5.75 Å². The number of alkyl halides is 3. The summed E-state index contributed by atoms with van der Waals surface area (Å²) in [5.41, 5.74) is -4.96. The van der Waals surface area contributed by atoms with E-state index in [1.165, 1.54) is 12.1 Å². The SMILES string of the molecule is CCc1c(F)ccc2cc(C)cc(OS(=O)(=O)C(F)(F)F)c12. The molecule has 0 unspecified atom stereocenters. The predicted octanol–water partition coefficient (Wildman–Crippen LogP) is 4.08. The number of halogens is 4. The minimum atomic E-state index is -5.82. The summed E-state index contributed by atoms with van der Waals surface area (Å²) in [6.45, 7) is 3.18. The third-order valence-electron chi connectivity index (χ3n) is 3.11. The van der Waals surface area contributed by atoms with Crippen LogP contribution in [0.2, 0.25) is 0 Å². The molecule has 2 rings (SSSR count). The normalized spacial score (nSPS) is 12.6. The molecule has 0 N–H and O–H groups in total. The summed E-state index contributed by atoms with van der Waals surface area (Å²) in [7, 11) is -5.82. The standard InChI is InChI=1S/C14H12F4O3S/c1-3-10-11(15)5-4-9-6-8(2)7-12(13(9)10)21-22(19,20)14(16,17)18/h4-7H,3H2,1-2H3. The molecule has 3 nitrogen and oxygen atoms in total. The molecule has 0 fully saturated rings. The molecule has 8 heteroatoms. The second-order valence-electron chi connectivity index (χ2n) is 4.72. The molecule has 0 radical (unpaired) electrons. The first kappa shape index (κ1) is 16.5. The first-order valence-corrected chi connectivity index (χ1v) is 7.70. The smallest absolute Gasteiger partial charge is 0.375 e. The molecule has 0 aliphatic heterocycles. The van der Waals surface area contributed by atoms with E-state index in [0.29, 0.717) is 10.9 Å². The highest BCUT2D eigenvalue weighted by Crippen LogP contribution is 2.35. The lowest BCUT2D eigenvalue weighted by atomic mass is 9.99. The monoisotopic (exact) mass is 336 g/mol. The topological polar surface area (TPSA) is 43.4 Å². The minimum absolute atomic E-state index is 0.0286. The summed E-state index contributed by atoms with van der Waals surface area (Å²) in [6.07, 6.45) is 0.175. The van der Waals surface area contributed by atoms with Crippen molar-refractivity contribution in [2.75, 3.05) is 0 Å². The third kappa shape index (κ3) is 2.87. The summed E-state index contributed by atoms with van der Waals surface area (Å²) in [5, 5.41) is 0.437. The van der Waals surface area contributed by atoms with Crippen LogP contribution in [-0.4, -0.2) is 13.9 Å². The van der Waals surface area contributed by atoms with Crippen molar-refractivity contribution in [3.05, 3.63) is 41.2 Å². The quantitative estimate of drug-likeness (QED) is 0.482. The number of rotatable bonds is 3. The molecule has 0 amide bonds. The van der Waals surface area contributed by atoms with Gasteiger partial charge in [0.15, 0.2) is 5.75 Å². The van der Waals surface area contributed by atoms with E-state index in [1.54, 1.807) is 19.9 Å². The average molecular weight is 336 g/mol. The fourth-order valence-electron chi connectivity index (χ4n) is 2.19. The highest BCUT2D eigenvalue weighted by atomic mass is 32.2. The zero-order valence-corrected chi connectivity index (χ0v) is 12.5. The average Bonchev–Trinajstić information content (AvgIpc) is 2.37. The zero-order valence-electron chi connectivity index (χ0n) is 11.7. The summed E-state index contributed by atoms with van der Waals surface area (Å²) in [4.78, 5) is 0. The molecule has 0 heterocycles. The van der Waals surface area contributed by atoms with Crippen molar-refractivity contribution in [3.63, 3.8) is 0 Å². The van der Waals surface area contributed by atoms with Crippen molar-refractivity contribution in [1.82, 2.24) is 0 Å². The Labute approximate surface area is 124 Å². The lowest BCUT2D eigenvalue weighted by Crippen LogP contribution is -2.28. The molecule has 2 aromatic rings. The Kier molecular flexibility index (Phi) is 4.08. The maximum absolute atomic E-state index is 13.8. The van der Waals surface area contributed by atoms with Crippen LogP contribution in [0.5, 0.6) is 5.75 Å². The highest BCUT2D eigenvalue weighted by molar-refractivity contribution is 7.88. The van der Waals surface area contributed by atoms with Crippen LogP contribution >= 0.6 is 0 Å². The minimum Gasteiger partial charge on any atom is -0.375 e. The number of hydrogen-bond acceptors (Lipinski definition) is 3. The van der Waals surface area contributed by atoms with E-state index in [1.807, 2.05) is 0 Å². The van der Waals surface area contributed by atoms with Crippen molar-refractivity contribution >= 4 is 20.9 Å². The van der Waals surface area contributed by atoms with Gasteiger partial charge in [-0.3, -0.25) is 0 Å². The van der Waals surface area contributed by atoms with Gasteiger partial charge in [-0.2, -0.15) is 21.6 Å². The third-order valence-corrected chi connectivity index (χ3v) is 4.08. The van der Waals surface area contributed by atoms with Gasteiger partial charge in [0.25, 0.3) is 0 Å². The second kappa shape index (κ2) is 5.42. The van der Waals surface area contributed by atoms with Gasteiger partial charge >= 0.3 is 15.6 Å². The lowest BCUT2D eigenvalue weighted by molar-refractivity contribution is -0.0499. The Balaban J connectivity index is 2.76. The molecule has 22 heavy (non-hydrogen) atoms.